The molecule has 4 rings (SSSR count). The number of rotatable bonds is 7. The molecule has 166 valence electrons. The van der Waals surface area contributed by atoms with Gasteiger partial charge in [-0.15, -0.1) is 11.3 Å². The second-order valence-electron chi connectivity index (χ2n) is 7.49. The Bertz CT molecular complexity index is 1130. The second-order valence-corrected chi connectivity index (χ2v) is 9.44. The molecule has 2 N–H and O–H groups in total. The van der Waals surface area contributed by atoms with Crippen molar-refractivity contribution in [3.05, 3.63) is 80.1 Å². The van der Waals surface area contributed by atoms with Crippen LogP contribution in [0.2, 0.25) is 10.0 Å². The smallest absolute Gasteiger partial charge is 0.262 e. The molecule has 0 atom stereocenters. The van der Waals surface area contributed by atoms with E-state index in [0.29, 0.717) is 32.9 Å². The fourth-order valence-corrected chi connectivity index (χ4v) is 5.43. The van der Waals surface area contributed by atoms with Gasteiger partial charge < -0.3 is 15.4 Å². The highest BCUT2D eigenvalue weighted by molar-refractivity contribution is 7.17. The van der Waals surface area contributed by atoms with Gasteiger partial charge in [0.15, 0.2) is 6.61 Å². The van der Waals surface area contributed by atoms with Crippen molar-refractivity contribution in [2.24, 2.45) is 0 Å². The first kappa shape index (κ1) is 22.6. The van der Waals surface area contributed by atoms with Crippen molar-refractivity contribution in [3.63, 3.8) is 0 Å². The van der Waals surface area contributed by atoms with Crippen molar-refractivity contribution in [1.82, 2.24) is 5.32 Å². The van der Waals surface area contributed by atoms with E-state index in [0.717, 1.165) is 41.7 Å². The van der Waals surface area contributed by atoms with E-state index in [2.05, 4.69) is 10.6 Å². The summed E-state index contributed by atoms with van der Waals surface area (Å²) >= 11 is 13.5. The third kappa shape index (κ3) is 5.44. The van der Waals surface area contributed by atoms with E-state index in [1.165, 1.54) is 11.3 Å². The molecule has 0 fully saturated rings. The molecule has 2 aromatic carbocycles. The van der Waals surface area contributed by atoms with Crippen LogP contribution in [0, 0.1) is 0 Å². The van der Waals surface area contributed by atoms with Crippen LogP contribution in [0.5, 0.6) is 5.75 Å². The van der Waals surface area contributed by atoms with Gasteiger partial charge in [-0.25, -0.2) is 0 Å². The average molecular weight is 489 g/mol. The van der Waals surface area contributed by atoms with Crippen LogP contribution >= 0.6 is 34.5 Å². The number of thiophene rings is 1. The summed E-state index contributed by atoms with van der Waals surface area (Å²) in [7, 11) is 0. The Labute approximate surface area is 200 Å². The zero-order valence-corrected chi connectivity index (χ0v) is 19.6. The molecule has 1 aliphatic carbocycles. The van der Waals surface area contributed by atoms with Crippen LogP contribution in [0.25, 0.3) is 0 Å². The Kier molecular flexibility index (Phi) is 7.35. The maximum Gasteiger partial charge on any atom is 0.262 e. The number of nitrogens with one attached hydrogen (secondary N) is 2. The number of anilines is 1. The first-order chi connectivity index (χ1) is 15.5. The number of benzene rings is 2. The minimum absolute atomic E-state index is 0.176. The SMILES string of the molecule is O=C(COc1ccc(Cl)cc1Cl)Nc1sc2c(c1C(=O)NCc1ccccc1)CCCC2. The van der Waals surface area contributed by atoms with Crippen molar-refractivity contribution in [3.8, 4) is 5.75 Å². The quantitative estimate of drug-likeness (QED) is 0.436. The van der Waals surface area contributed by atoms with Crippen molar-refractivity contribution in [1.29, 1.82) is 0 Å². The van der Waals surface area contributed by atoms with Gasteiger partial charge in [-0.05, 0) is 55.0 Å². The number of hydrogen-bond donors (Lipinski definition) is 2. The van der Waals surface area contributed by atoms with E-state index >= 15 is 0 Å². The summed E-state index contributed by atoms with van der Waals surface area (Å²) in [6, 6.07) is 14.6. The molecule has 5 nitrogen and oxygen atoms in total. The first-order valence-electron chi connectivity index (χ1n) is 10.4. The Morgan fingerprint density at radius 2 is 1.81 bits per heavy atom. The Balaban J connectivity index is 1.47. The molecule has 0 unspecified atom stereocenters. The summed E-state index contributed by atoms with van der Waals surface area (Å²) in [5.41, 5.74) is 2.63. The lowest BCUT2D eigenvalue weighted by atomic mass is 9.95. The fourth-order valence-electron chi connectivity index (χ4n) is 3.66. The van der Waals surface area contributed by atoms with Crippen LogP contribution in [0.15, 0.2) is 48.5 Å². The molecule has 3 aromatic rings. The number of ether oxygens (including phenoxy) is 1. The first-order valence-corrected chi connectivity index (χ1v) is 11.9. The Hall–Kier alpha value is -2.54. The highest BCUT2D eigenvalue weighted by Gasteiger charge is 2.26. The Morgan fingerprint density at radius 3 is 2.59 bits per heavy atom. The van der Waals surface area contributed by atoms with E-state index in [1.54, 1.807) is 18.2 Å². The van der Waals surface area contributed by atoms with E-state index in [-0.39, 0.29) is 18.4 Å². The lowest BCUT2D eigenvalue weighted by Crippen LogP contribution is -2.26. The van der Waals surface area contributed by atoms with Gasteiger partial charge in [0.1, 0.15) is 10.8 Å². The molecule has 0 radical (unpaired) electrons. The summed E-state index contributed by atoms with van der Waals surface area (Å²) in [4.78, 5) is 26.9. The lowest BCUT2D eigenvalue weighted by molar-refractivity contribution is -0.118. The standard InChI is InChI=1S/C24H22Cl2N2O3S/c25-16-10-11-19(18(26)12-16)31-14-21(29)28-24-22(17-8-4-5-9-20(17)32-24)23(30)27-13-15-6-2-1-3-7-15/h1-3,6-7,10-12H,4-5,8-9,13-14H2,(H,27,30)(H,28,29). The summed E-state index contributed by atoms with van der Waals surface area (Å²) < 4.78 is 5.53. The van der Waals surface area contributed by atoms with E-state index < -0.39 is 0 Å². The monoisotopic (exact) mass is 488 g/mol. The molecule has 0 spiro atoms. The molecule has 0 bridgehead atoms. The largest absolute Gasteiger partial charge is 0.482 e. The molecular formula is C24H22Cl2N2O3S. The van der Waals surface area contributed by atoms with Crippen LogP contribution in [-0.4, -0.2) is 18.4 Å². The summed E-state index contributed by atoms with van der Waals surface area (Å²) in [5, 5.41) is 7.25. The lowest BCUT2D eigenvalue weighted by Gasteiger charge is -2.13. The van der Waals surface area contributed by atoms with Gasteiger partial charge in [-0.2, -0.15) is 0 Å². The predicted molar refractivity (Wildman–Crippen MR) is 129 cm³/mol. The van der Waals surface area contributed by atoms with Crippen molar-refractivity contribution >= 4 is 51.4 Å². The highest BCUT2D eigenvalue weighted by Crippen LogP contribution is 2.38. The van der Waals surface area contributed by atoms with Crippen LogP contribution in [0.3, 0.4) is 0 Å². The third-order valence-corrected chi connectivity index (χ3v) is 6.94. The van der Waals surface area contributed by atoms with Crippen LogP contribution in [-0.2, 0) is 24.2 Å². The topological polar surface area (TPSA) is 67.4 Å². The van der Waals surface area contributed by atoms with Gasteiger partial charge in [0, 0.05) is 16.4 Å². The van der Waals surface area contributed by atoms with Gasteiger partial charge >= 0.3 is 0 Å². The van der Waals surface area contributed by atoms with Crippen LogP contribution < -0.4 is 15.4 Å². The molecule has 8 heteroatoms. The number of fused-ring (bicyclic) bond motifs is 1. The van der Waals surface area contributed by atoms with E-state index in [9.17, 15) is 9.59 Å². The van der Waals surface area contributed by atoms with Gasteiger partial charge in [-0.1, -0.05) is 53.5 Å². The van der Waals surface area contributed by atoms with Gasteiger partial charge in [-0.3, -0.25) is 9.59 Å². The van der Waals surface area contributed by atoms with E-state index in [4.69, 9.17) is 27.9 Å². The van der Waals surface area contributed by atoms with Gasteiger partial charge in [0.25, 0.3) is 11.8 Å². The third-order valence-electron chi connectivity index (χ3n) is 5.20. The number of halogens is 2. The van der Waals surface area contributed by atoms with Crippen molar-refractivity contribution < 1.29 is 14.3 Å². The van der Waals surface area contributed by atoms with Crippen molar-refractivity contribution in [2.45, 2.75) is 32.2 Å². The average Bonchev–Trinajstić information content (AvgIpc) is 3.15. The number of carbonyl (C=O) groups is 2. The number of carbonyl (C=O) groups excluding carboxylic acids is 2. The number of aryl methyl sites for hydroxylation is 1. The molecular weight excluding hydrogens is 467 g/mol. The zero-order valence-electron chi connectivity index (χ0n) is 17.3. The van der Waals surface area contributed by atoms with Gasteiger partial charge in [0.05, 0.1) is 10.6 Å². The normalized spacial score (nSPS) is 12.7. The molecule has 0 saturated heterocycles. The van der Waals surface area contributed by atoms with E-state index in [1.807, 2.05) is 30.3 Å². The molecule has 1 aliphatic rings. The predicted octanol–water partition coefficient (Wildman–Crippen LogP) is 5.88. The Morgan fingerprint density at radius 1 is 1.03 bits per heavy atom. The zero-order chi connectivity index (χ0) is 22.5. The number of amides is 2. The minimum atomic E-state index is -0.355. The summed E-state index contributed by atoms with van der Waals surface area (Å²) in [6.45, 7) is 0.199. The summed E-state index contributed by atoms with van der Waals surface area (Å²) in [5.74, 6) is -0.158. The minimum Gasteiger partial charge on any atom is -0.482 e. The molecule has 32 heavy (non-hydrogen) atoms. The van der Waals surface area contributed by atoms with Crippen LogP contribution in [0.4, 0.5) is 5.00 Å². The molecule has 0 saturated carbocycles. The maximum atomic E-state index is 13.1. The molecule has 1 aromatic heterocycles. The van der Waals surface area contributed by atoms with Gasteiger partial charge in [0.2, 0.25) is 0 Å². The molecule has 0 aliphatic heterocycles. The van der Waals surface area contributed by atoms with Crippen LogP contribution in [0.1, 0.15) is 39.2 Å². The fraction of sp³-hybridized carbons (Fsp3) is 0.250. The summed E-state index contributed by atoms with van der Waals surface area (Å²) in [6.07, 6.45) is 3.89. The maximum absolute atomic E-state index is 13.1. The molecule has 1 heterocycles. The van der Waals surface area contributed by atoms with Crippen molar-refractivity contribution in [2.75, 3.05) is 11.9 Å². The highest BCUT2D eigenvalue weighted by atomic mass is 35.5. The second kappa shape index (κ2) is 10.4. The number of hydrogen-bond acceptors (Lipinski definition) is 4. The molecule has 2 amide bonds.